The van der Waals surface area contributed by atoms with Crippen LogP contribution in [-0.2, 0) is 0 Å². The van der Waals surface area contributed by atoms with E-state index in [4.69, 9.17) is 0 Å². The van der Waals surface area contributed by atoms with Crippen LogP contribution in [0.4, 0.5) is 26.3 Å². The van der Waals surface area contributed by atoms with E-state index in [1.54, 1.807) is 19.2 Å². The van der Waals surface area contributed by atoms with Gasteiger partial charge in [-0.1, -0.05) is 24.3 Å². The van der Waals surface area contributed by atoms with Crippen LogP contribution < -0.4 is 10.1 Å². The lowest BCUT2D eigenvalue weighted by Crippen LogP contribution is -2.45. The fourth-order valence-electron chi connectivity index (χ4n) is 1.36. The summed E-state index contributed by atoms with van der Waals surface area (Å²) in [7, 11) is 1.73. The zero-order chi connectivity index (χ0) is 16.1. The molecular weight excluding hydrogens is 300 g/mol. The second-order valence-corrected chi connectivity index (χ2v) is 4.10. The molecule has 0 unspecified atom stereocenters. The molecule has 0 spiro atoms. The van der Waals surface area contributed by atoms with Crippen LogP contribution in [-0.4, -0.2) is 32.0 Å². The molecule has 1 aromatic rings. The molecule has 1 N–H and O–H groups in total. The van der Waals surface area contributed by atoms with Gasteiger partial charge in [0, 0.05) is 6.54 Å². The highest BCUT2D eigenvalue weighted by Gasteiger charge is 2.59. The number of likely N-dealkylation sites (N-methyl/N-ethyl adjacent to an activating group) is 1. The molecule has 0 aromatic heterocycles. The molecule has 1 rings (SSSR count). The zero-order valence-electron chi connectivity index (χ0n) is 10.9. The van der Waals surface area contributed by atoms with Gasteiger partial charge in [0.15, 0.2) is 0 Å². The lowest BCUT2D eigenvalue weighted by molar-refractivity contribution is -0.304. The minimum atomic E-state index is -5.70. The average molecular weight is 313 g/mol. The molecule has 0 aliphatic rings. The molecule has 0 fully saturated rings. The number of halogens is 6. The van der Waals surface area contributed by atoms with E-state index in [-0.39, 0.29) is 0 Å². The predicted molar refractivity (Wildman–Crippen MR) is 65.9 cm³/mol. The quantitative estimate of drug-likeness (QED) is 0.807. The highest BCUT2D eigenvalue weighted by Crippen LogP contribution is 2.36. The van der Waals surface area contributed by atoms with Crippen molar-refractivity contribution in [2.45, 2.75) is 18.5 Å². The van der Waals surface area contributed by atoms with Gasteiger partial charge in [-0.2, -0.15) is 22.0 Å². The van der Waals surface area contributed by atoms with Crippen molar-refractivity contribution in [2.75, 3.05) is 13.6 Å². The van der Waals surface area contributed by atoms with Crippen LogP contribution in [0.25, 0.3) is 6.08 Å². The first-order valence-corrected chi connectivity index (χ1v) is 5.85. The van der Waals surface area contributed by atoms with Crippen molar-refractivity contribution in [2.24, 2.45) is 0 Å². The molecule has 0 heterocycles. The maximum Gasteiger partial charge on any atom is 0.439 e. The van der Waals surface area contributed by atoms with Gasteiger partial charge in [0.25, 0.3) is 6.17 Å². The van der Waals surface area contributed by atoms with Crippen molar-refractivity contribution in [3.05, 3.63) is 35.9 Å². The zero-order valence-corrected chi connectivity index (χ0v) is 10.9. The normalized spacial score (nSPS) is 14.4. The second-order valence-electron chi connectivity index (χ2n) is 4.10. The van der Waals surface area contributed by atoms with Gasteiger partial charge in [0.2, 0.25) is 0 Å². The summed E-state index contributed by atoms with van der Waals surface area (Å²) in [6, 6.07) is 4.79. The van der Waals surface area contributed by atoms with E-state index in [1.807, 2.05) is 0 Å². The maximum atomic E-state index is 13.0. The molecule has 21 heavy (non-hydrogen) atoms. The van der Waals surface area contributed by atoms with Crippen LogP contribution in [0.15, 0.2) is 30.3 Å². The first-order chi connectivity index (χ1) is 9.66. The molecule has 1 aromatic carbocycles. The van der Waals surface area contributed by atoms with Gasteiger partial charge in [-0.15, -0.1) is 0 Å². The SMILES string of the molecule is CNCC=Cc1ccc(OC(F)(F)[C@H](F)C(F)(F)F)cc1. The molecule has 0 aliphatic carbocycles. The summed E-state index contributed by atoms with van der Waals surface area (Å²) in [6.45, 7) is 0.589. The van der Waals surface area contributed by atoms with Crippen molar-refractivity contribution >= 4 is 6.08 Å². The molecule has 0 aliphatic heterocycles. The van der Waals surface area contributed by atoms with Crippen LogP contribution in [0.3, 0.4) is 0 Å². The summed E-state index contributed by atoms with van der Waals surface area (Å²) in [4.78, 5) is 0. The van der Waals surface area contributed by atoms with Gasteiger partial charge >= 0.3 is 12.3 Å². The molecule has 0 bridgehead atoms. The first-order valence-electron chi connectivity index (χ1n) is 5.85. The molecular formula is C13H13F6NO. The van der Waals surface area contributed by atoms with Gasteiger partial charge in [0.1, 0.15) is 5.75 Å². The molecule has 8 heteroatoms. The summed E-state index contributed by atoms with van der Waals surface area (Å²) in [6.07, 6.45) is -11.6. The van der Waals surface area contributed by atoms with Gasteiger partial charge in [-0.3, -0.25) is 0 Å². The first kappa shape index (κ1) is 17.4. The summed E-state index contributed by atoms with van der Waals surface area (Å²) in [5, 5.41) is 2.85. The molecule has 0 saturated carbocycles. The van der Waals surface area contributed by atoms with Crippen LogP contribution in [0.1, 0.15) is 5.56 Å². The van der Waals surface area contributed by atoms with Gasteiger partial charge in [-0.25, -0.2) is 4.39 Å². The summed E-state index contributed by atoms with van der Waals surface area (Å²) >= 11 is 0. The molecule has 2 nitrogen and oxygen atoms in total. The van der Waals surface area contributed by atoms with Crippen LogP contribution in [0.2, 0.25) is 0 Å². The van der Waals surface area contributed by atoms with Crippen LogP contribution in [0.5, 0.6) is 5.75 Å². The molecule has 118 valence electrons. The third-order valence-corrected chi connectivity index (χ3v) is 2.35. The van der Waals surface area contributed by atoms with Gasteiger partial charge in [-0.05, 0) is 24.7 Å². The number of hydrogen-bond acceptors (Lipinski definition) is 2. The predicted octanol–water partition coefficient (Wildman–Crippen LogP) is 3.79. The van der Waals surface area contributed by atoms with Crippen molar-refractivity contribution in [1.82, 2.24) is 5.32 Å². The fourth-order valence-corrected chi connectivity index (χ4v) is 1.36. The standard InChI is InChI=1S/C13H13F6NO/c1-20-8-2-3-9-4-6-10(7-5-9)21-13(18,19)11(14)12(15,16)17/h2-7,11,20H,8H2,1H3/t11-/m1/s1. The van der Waals surface area contributed by atoms with Crippen molar-refractivity contribution in [1.29, 1.82) is 0 Å². The Hall–Kier alpha value is -1.70. The van der Waals surface area contributed by atoms with Crippen molar-refractivity contribution in [3.63, 3.8) is 0 Å². The van der Waals surface area contributed by atoms with Crippen LogP contribution >= 0.6 is 0 Å². The minimum absolute atomic E-state index is 0.558. The Morgan fingerprint density at radius 2 is 1.71 bits per heavy atom. The smallest absolute Gasteiger partial charge is 0.430 e. The maximum absolute atomic E-state index is 13.0. The monoisotopic (exact) mass is 313 g/mol. The second kappa shape index (κ2) is 6.84. The molecule has 0 radical (unpaired) electrons. The van der Waals surface area contributed by atoms with E-state index in [9.17, 15) is 26.3 Å². The Kier molecular flexibility index (Phi) is 5.65. The van der Waals surface area contributed by atoms with E-state index < -0.39 is 24.2 Å². The van der Waals surface area contributed by atoms with E-state index >= 15 is 0 Å². The highest BCUT2D eigenvalue weighted by molar-refractivity contribution is 5.50. The lowest BCUT2D eigenvalue weighted by Gasteiger charge is -2.23. The average Bonchev–Trinajstić information content (AvgIpc) is 2.39. The number of alkyl halides is 6. The van der Waals surface area contributed by atoms with E-state index in [0.717, 1.165) is 12.1 Å². The Morgan fingerprint density at radius 3 is 2.19 bits per heavy atom. The number of nitrogens with one attached hydrogen (secondary N) is 1. The van der Waals surface area contributed by atoms with E-state index in [0.29, 0.717) is 12.1 Å². The van der Waals surface area contributed by atoms with Gasteiger partial charge < -0.3 is 10.1 Å². The molecule has 1 atom stereocenters. The Bertz CT molecular complexity index is 469. The third-order valence-electron chi connectivity index (χ3n) is 2.35. The highest BCUT2D eigenvalue weighted by atomic mass is 19.4. The topological polar surface area (TPSA) is 21.3 Å². The van der Waals surface area contributed by atoms with Crippen LogP contribution in [0, 0.1) is 0 Å². The van der Waals surface area contributed by atoms with Crippen molar-refractivity contribution < 1.29 is 31.1 Å². The number of hydrogen-bond donors (Lipinski definition) is 1. The third kappa shape index (κ3) is 5.30. The molecule has 0 saturated heterocycles. The number of rotatable bonds is 6. The lowest BCUT2D eigenvalue weighted by atomic mass is 10.2. The number of benzene rings is 1. The van der Waals surface area contributed by atoms with Gasteiger partial charge in [0.05, 0.1) is 0 Å². The minimum Gasteiger partial charge on any atom is -0.430 e. The molecule has 0 amide bonds. The largest absolute Gasteiger partial charge is 0.439 e. The van der Waals surface area contributed by atoms with E-state index in [1.165, 1.54) is 12.1 Å². The summed E-state index contributed by atoms with van der Waals surface area (Å²) in [5.74, 6) is -0.558. The summed E-state index contributed by atoms with van der Waals surface area (Å²) in [5.41, 5.74) is 0.633. The Labute approximate surface area is 117 Å². The Balaban J connectivity index is 2.75. The van der Waals surface area contributed by atoms with Crippen molar-refractivity contribution in [3.8, 4) is 5.75 Å². The van der Waals surface area contributed by atoms with E-state index in [2.05, 4.69) is 10.1 Å². The summed E-state index contributed by atoms with van der Waals surface area (Å²) < 4.78 is 78.3. The Morgan fingerprint density at radius 1 is 1.14 bits per heavy atom. The fraction of sp³-hybridized carbons (Fsp3) is 0.385. The number of ether oxygens (including phenoxy) is 1.